The van der Waals surface area contributed by atoms with Crippen molar-refractivity contribution in [3.8, 4) is 16.9 Å². The number of aromatic nitrogens is 1. The van der Waals surface area contributed by atoms with Crippen LogP contribution in [0.1, 0.15) is 43.9 Å². The largest absolute Gasteiger partial charge is 0.494 e. The summed E-state index contributed by atoms with van der Waals surface area (Å²) in [4.78, 5) is 15.1. The van der Waals surface area contributed by atoms with Gasteiger partial charge >= 0.3 is 6.09 Å². The highest BCUT2D eigenvalue weighted by molar-refractivity contribution is 5.65. The van der Waals surface area contributed by atoms with Crippen LogP contribution in [0.25, 0.3) is 11.1 Å². The van der Waals surface area contributed by atoms with E-state index in [0.29, 0.717) is 25.1 Å². The predicted octanol–water partition coefficient (Wildman–Crippen LogP) is 4.37. The summed E-state index contributed by atoms with van der Waals surface area (Å²) in [7, 11) is 0. The molecule has 156 valence electrons. The Bertz CT molecular complexity index is 800. The SMILES string of the molecule is CCOc1ccc(-c2ccc(C)nc2)cc1CNC1CCC(CNC(=O)O)CC1. The maximum absolute atomic E-state index is 10.7. The topological polar surface area (TPSA) is 83.5 Å². The minimum absolute atomic E-state index is 0.445. The molecular formula is C23H31N3O3. The molecule has 1 heterocycles. The van der Waals surface area contributed by atoms with Gasteiger partial charge in [0.2, 0.25) is 0 Å². The second kappa shape index (κ2) is 10.3. The standard InChI is InChI=1S/C23H31N3O3/c1-3-29-22-11-8-18(19-7-4-16(2)24-14-19)12-20(22)15-25-21-9-5-17(6-10-21)13-26-23(27)28/h4,7-8,11-12,14,17,21,25-26H,3,5-6,9-10,13,15H2,1-2H3,(H,27,28). The van der Waals surface area contributed by atoms with Gasteiger partial charge in [-0.25, -0.2) is 4.79 Å². The van der Waals surface area contributed by atoms with Crippen LogP contribution in [-0.2, 0) is 6.54 Å². The van der Waals surface area contributed by atoms with Crippen molar-refractivity contribution in [2.24, 2.45) is 5.92 Å². The first-order valence-corrected chi connectivity index (χ1v) is 10.4. The minimum atomic E-state index is -0.933. The van der Waals surface area contributed by atoms with Crippen LogP contribution in [0.15, 0.2) is 36.5 Å². The van der Waals surface area contributed by atoms with Crippen molar-refractivity contribution in [2.45, 2.75) is 52.1 Å². The molecule has 1 saturated carbocycles. The van der Waals surface area contributed by atoms with E-state index in [2.05, 4.69) is 33.8 Å². The molecule has 0 unspecified atom stereocenters. The summed E-state index contributed by atoms with van der Waals surface area (Å²) in [6.45, 7) is 5.94. The Morgan fingerprint density at radius 2 is 1.93 bits per heavy atom. The van der Waals surface area contributed by atoms with Crippen molar-refractivity contribution in [3.63, 3.8) is 0 Å². The second-order valence-corrected chi connectivity index (χ2v) is 7.73. The third kappa shape index (κ3) is 6.19. The Hall–Kier alpha value is -2.60. The first kappa shape index (κ1) is 21.1. The molecule has 1 aromatic carbocycles. The van der Waals surface area contributed by atoms with Crippen LogP contribution in [0.5, 0.6) is 5.75 Å². The van der Waals surface area contributed by atoms with E-state index in [0.717, 1.165) is 60.4 Å². The number of nitrogens with one attached hydrogen (secondary N) is 2. The molecular weight excluding hydrogens is 366 g/mol. The molecule has 0 atom stereocenters. The fraction of sp³-hybridized carbons (Fsp3) is 0.478. The molecule has 1 aliphatic rings. The van der Waals surface area contributed by atoms with E-state index >= 15 is 0 Å². The average Bonchev–Trinajstić information content (AvgIpc) is 2.73. The molecule has 0 spiro atoms. The van der Waals surface area contributed by atoms with Gasteiger partial charge in [0, 0.05) is 42.1 Å². The number of benzene rings is 1. The Morgan fingerprint density at radius 3 is 2.59 bits per heavy atom. The third-order valence-corrected chi connectivity index (χ3v) is 5.57. The van der Waals surface area contributed by atoms with Crippen molar-refractivity contribution in [1.29, 1.82) is 0 Å². The summed E-state index contributed by atoms with van der Waals surface area (Å²) >= 11 is 0. The summed E-state index contributed by atoms with van der Waals surface area (Å²) in [5.74, 6) is 1.36. The molecule has 0 bridgehead atoms. The molecule has 0 radical (unpaired) electrons. The molecule has 2 aromatic rings. The average molecular weight is 398 g/mol. The highest BCUT2D eigenvalue weighted by atomic mass is 16.5. The van der Waals surface area contributed by atoms with Crippen LogP contribution in [0, 0.1) is 12.8 Å². The zero-order valence-electron chi connectivity index (χ0n) is 17.3. The normalized spacial score (nSPS) is 19.0. The lowest BCUT2D eigenvalue weighted by molar-refractivity contribution is 0.189. The predicted molar refractivity (Wildman–Crippen MR) is 114 cm³/mol. The van der Waals surface area contributed by atoms with Gasteiger partial charge in [-0.1, -0.05) is 12.1 Å². The van der Waals surface area contributed by atoms with E-state index < -0.39 is 6.09 Å². The fourth-order valence-corrected chi connectivity index (χ4v) is 3.89. The first-order chi connectivity index (χ1) is 14.0. The molecule has 6 heteroatoms. The van der Waals surface area contributed by atoms with Gasteiger partial charge in [0.15, 0.2) is 0 Å². The summed E-state index contributed by atoms with van der Waals surface area (Å²) in [6, 6.07) is 10.9. The number of ether oxygens (including phenoxy) is 1. The van der Waals surface area contributed by atoms with Crippen LogP contribution >= 0.6 is 0 Å². The Morgan fingerprint density at radius 1 is 1.17 bits per heavy atom. The summed E-state index contributed by atoms with van der Waals surface area (Å²) < 4.78 is 5.84. The number of nitrogens with zero attached hydrogens (tertiary/aromatic N) is 1. The first-order valence-electron chi connectivity index (χ1n) is 10.4. The van der Waals surface area contributed by atoms with Gasteiger partial charge in [-0.2, -0.15) is 0 Å². The minimum Gasteiger partial charge on any atom is -0.494 e. The van der Waals surface area contributed by atoms with Crippen LogP contribution < -0.4 is 15.4 Å². The molecule has 6 nitrogen and oxygen atoms in total. The number of amides is 1. The monoisotopic (exact) mass is 397 g/mol. The maximum atomic E-state index is 10.7. The van der Waals surface area contributed by atoms with Crippen LogP contribution in [0.2, 0.25) is 0 Å². The Labute approximate surface area is 172 Å². The number of aryl methyl sites for hydroxylation is 1. The van der Waals surface area contributed by atoms with E-state index in [4.69, 9.17) is 9.84 Å². The van der Waals surface area contributed by atoms with Crippen molar-refractivity contribution in [1.82, 2.24) is 15.6 Å². The lowest BCUT2D eigenvalue weighted by Gasteiger charge is -2.29. The molecule has 1 aliphatic carbocycles. The highest BCUT2D eigenvalue weighted by Crippen LogP contribution is 2.28. The van der Waals surface area contributed by atoms with Gasteiger partial charge < -0.3 is 20.5 Å². The van der Waals surface area contributed by atoms with E-state index in [9.17, 15) is 4.79 Å². The zero-order chi connectivity index (χ0) is 20.6. The van der Waals surface area contributed by atoms with Crippen molar-refractivity contribution in [2.75, 3.05) is 13.2 Å². The third-order valence-electron chi connectivity index (χ3n) is 5.57. The van der Waals surface area contributed by atoms with Crippen LogP contribution in [0.4, 0.5) is 4.79 Å². The summed E-state index contributed by atoms with van der Waals surface area (Å²) in [5, 5.41) is 14.9. The molecule has 0 aliphatic heterocycles. The fourth-order valence-electron chi connectivity index (χ4n) is 3.89. The molecule has 3 rings (SSSR count). The molecule has 1 aromatic heterocycles. The molecule has 1 amide bonds. The smallest absolute Gasteiger partial charge is 0.404 e. The van der Waals surface area contributed by atoms with Gasteiger partial charge in [-0.3, -0.25) is 4.98 Å². The van der Waals surface area contributed by atoms with Gasteiger partial charge in [0.1, 0.15) is 5.75 Å². The second-order valence-electron chi connectivity index (χ2n) is 7.73. The van der Waals surface area contributed by atoms with Crippen LogP contribution in [0.3, 0.4) is 0 Å². The number of carboxylic acid groups (broad SMARTS) is 1. The van der Waals surface area contributed by atoms with Gasteiger partial charge in [0.05, 0.1) is 6.61 Å². The number of carbonyl (C=O) groups is 1. The van der Waals surface area contributed by atoms with Crippen LogP contribution in [-0.4, -0.2) is 35.4 Å². The number of hydrogen-bond donors (Lipinski definition) is 3. The van der Waals surface area contributed by atoms with Gasteiger partial charge in [0.25, 0.3) is 0 Å². The molecule has 0 saturated heterocycles. The van der Waals surface area contributed by atoms with Crippen molar-refractivity contribution >= 4 is 6.09 Å². The lowest BCUT2D eigenvalue weighted by Crippen LogP contribution is -2.36. The van der Waals surface area contributed by atoms with E-state index in [1.54, 1.807) is 0 Å². The lowest BCUT2D eigenvalue weighted by atomic mass is 9.86. The highest BCUT2D eigenvalue weighted by Gasteiger charge is 2.21. The summed E-state index contributed by atoms with van der Waals surface area (Å²) in [5.41, 5.74) is 4.41. The van der Waals surface area contributed by atoms with E-state index in [1.165, 1.54) is 0 Å². The number of hydrogen-bond acceptors (Lipinski definition) is 4. The molecule has 1 fully saturated rings. The number of rotatable bonds is 8. The Balaban J connectivity index is 1.61. The molecule has 29 heavy (non-hydrogen) atoms. The quantitative estimate of drug-likeness (QED) is 0.616. The molecule has 3 N–H and O–H groups in total. The summed E-state index contributed by atoms with van der Waals surface area (Å²) in [6.07, 6.45) is 5.21. The Kier molecular flexibility index (Phi) is 7.47. The van der Waals surface area contributed by atoms with Gasteiger partial charge in [-0.15, -0.1) is 0 Å². The maximum Gasteiger partial charge on any atom is 0.404 e. The van der Waals surface area contributed by atoms with E-state index in [1.807, 2.05) is 32.2 Å². The van der Waals surface area contributed by atoms with Gasteiger partial charge in [-0.05, 0) is 69.2 Å². The zero-order valence-corrected chi connectivity index (χ0v) is 17.3. The number of pyridine rings is 1. The van der Waals surface area contributed by atoms with E-state index in [-0.39, 0.29) is 0 Å². The van der Waals surface area contributed by atoms with Crippen molar-refractivity contribution < 1.29 is 14.6 Å². The van der Waals surface area contributed by atoms with Crippen molar-refractivity contribution in [3.05, 3.63) is 47.8 Å².